The number of nitrogens with one attached hydrogen (secondary N) is 3. The lowest BCUT2D eigenvalue weighted by atomic mass is 10.0. The van der Waals surface area contributed by atoms with Crippen molar-refractivity contribution in [1.29, 1.82) is 0 Å². The predicted octanol–water partition coefficient (Wildman–Crippen LogP) is 14.8. The van der Waals surface area contributed by atoms with E-state index in [4.69, 9.17) is 9.98 Å². The molecule has 7 aromatic carbocycles. The minimum absolute atomic E-state index is 0.0614. The van der Waals surface area contributed by atoms with Crippen LogP contribution in [0.3, 0.4) is 0 Å². The van der Waals surface area contributed by atoms with Crippen LogP contribution in [0.4, 0.5) is 34.1 Å². The van der Waals surface area contributed by atoms with Crippen molar-refractivity contribution in [2.75, 3.05) is 88.5 Å². The molecule has 1 aliphatic rings. The van der Waals surface area contributed by atoms with Crippen LogP contribution < -0.4 is 35.2 Å². The fraction of sp³-hybridized carbons (Fsp3) is 0.319. The molecule has 0 fully saturated rings. The summed E-state index contributed by atoms with van der Waals surface area (Å²) < 4.78 is 2.37. The summed E-state index contributed by atoms with van der Waals surface area (Å²) in [6, 6.07) is 49.4. The van der Waals surface area contributed by atoms with Crippen LogP contribution in [0, 0.1) is 20.8 Å². The molecule has 8 aromatic rings. The van der Waals surface area contributed by atoms with Crippen LogP contribution in [0.5, 0.6) is 0 Å². The number of hydrogen-bond donors (Lipinski definition) is 3. The first-order valence-corrected chi connectivity index (χ1v) is 29.9. The average molecular weight is 1120 g/mol. The first-order valence-electron chi connectivity index (χ1n) is 29.9. The van der Waals surface area contributed by atoms with Gasteiger partial charge in [-0.1, -0.05) is 86.3 Å². The Morgan fingerprint density at radius 1 is 0.548 bits per heavy atom. The number of unbranched alkanes of at least 4 members (excludes halogenated alkanes) is 6. The van der Waals surface area contributed by atoms with Gasteiger partial charge in [0.15, 0.2) is 0 Å². The Labute approximate surface area is 498 Å². The van der Waals surface area contributed by atoms with Gasteiger partial charge in [0.2, 0.25) is 16.7 Å². The number of hydrogen-bond acceptors (Lipinski definition) is 9. The van der Waals surface area contributed by atoms with Gasteiger partial charge in [0.25, 0.3) is 11.8 Å². The average Bonchev–Trinajstić information content (AvgIpc) is 2.20. The van der Waals surface area contributed by atoms with Crippen molar-refractivity contribution >= 4 is 73.7 Å². The van der Waals surface area contributed by atoms with Crippen molar-refractivity contribution in [2.24, 2.45) is 4.99 Å². The van der Waals surface area contributed by atoms with Crippen LogP contribution in [-0.2, 0) is 0 Å². The van der Waals surface area contributed by atoms with E-state index < -0.39 is 0 Å². The van der Waals surface area contributed by atoms with E-state index in [2.05, 4.69) is 201 Å². The quantitative estimate of drug-likeness (QED) is 0.0295. The van der Waals surface area contributed by atoms with E-state index in [1.165, 1.54) is 39.3 Å². The minimum atomic E-state index is -0.0643. The second-order valence-corrected chi connectivity index (χ2v) is 23.0. The second kappa shape index (κ2) is 28.0. The Morgan fingerprint density at radius 3 is 1.68 bits per heavy atom. The van der Waals surface area contributed by atoms with E-state index in [0.717, 1.165) is 138 Å². The highest BCUT2D eigenvalue weighted by Crippen LogP contribution is 2.37. The maximum absolute atomic E-state index is 13.1. The molecule has 434 valence electrons. The van der Waals surface area contributed by atoms with Crippen molar-refractivity contribution in [3.8, 4) is 16.8 Å². The van der Waals surface area contributed by atoms with Crippen molar-refractivity contribution < 1.29 is 14.2 Å². The highest BCUT2D eigenvalue weighted by Gasteiger charge is 2.25. The number of carbonyl (C=O) groups is 2. The molecule has 1 aliphatic carbocycles. The zero-order chi connectivity index (χ0) is 59.3. The molecule has 2 amide bonds. The summed E-state index contributed by atoms with van der Waals surface area (Å²) in [4.78, 5) is 45.6. The molecule has 0 saturated heterocycles. The second-order valence-electron chi connectivity index (χ2n) is 23.0. The smallest absolute Gasteiger partial charge is 0.251 e. The van der Waals surface area contributed by atoms with Gasteiger partial charge in [-0.15, -0.1) is 4.57 Å². The first-order chi connectivity index (χ1) is 40.6. The van der Waals surface area contributed by atoms with E-state index in [1.807, 2.05) is 66.7 Å². The van der Waals surface area contributed by atoms with E-state index in [-0.39, 0.29) is 11.8 Å². The molecule has 12 heteroatoms. The normalized spacial score (nSPS) is 12.7. The molecule has 84 heavy (non-hydrogen) atoms. The lowest BCUT2D eigenvalue weighted by Gasteiger charge is -2.25. The Kier molecular flexibility index (Phi) is 19.9. The zero-order valence-electron chi connectivity index (χ0n) is 51.2. The van der Waals surface area contributed by atoms with Gasteiger partial charge in [0.1, 0.15) is 11.0 Å². The number of para-hydroxylation sites is 2. The van der Waals surface area contributed by atoms with Gasteiger partial charge < -0.3 is 35.6 Å². The molecule has 3 N–H and O–H groups in total. The number of carbonyl (C=O) groups excluding carboxylic acids is 2. The standard InChI is InChI=1S/C72H84N10O2/c1-50-45-59(76-62-46-51(2)67(78(5)6)48-63(62)75-58-25-17-15-18-26-58)37-39-65(50)80(9)43-23-13-11-21-41-73-71(83)56-33-29-54(30-34-56)55-31-35-57(36-32-55)72(84)74-42-22-12-14-24-44-81(10)66-40-38-61-70(53(66)4)82(60-27-19-16-20-28-60)69-49-68(79(7)8)52(3)47-64(69)77-61/h15-20,25-40,46-49,75H,11-14,21-24,41-45H2,1-10H3,(H-,73,74,83,84)/p+1. The monoisotopic (exact) mass is 1120 g/mol. The fourth-order valence-electron chi connectivity index (χ4n) is 11.6. The van der Waals surface area contributed by atoms with Crippen LogP contribution in [0.2, 0.25) is 0 Å². The molecule has 0 unspecified atom stereocenters. The summed E-state index contributed by atoms with van der Waals surface area (Å²) in [7, 11) is 12.7. The number of amides is 2. The molecule has 9 rings (SSSR count). The molecule has 0 spiro atoms. The summed E-state index contributed by atoms with van der Waals surface area (Å²) >= 11 is 0. The van der Waals surface area contributed by atoms with Crippen molar-refractivity contribution in [2.45, 2.75) is 85.5 Å². The number of anilines is 5. The topological polar surface area (TPSA) is 112 Å². The molecule has 1 heterocycles. The molecule has 0 saturated carbocycles. The highest BCUT2D eigenvalue weighted by molar-refractivity contribution is 6.01. The Hall–Kier alpha value is -8.77. The third-order valence-electron chi connectivity index (χ3n) is 16.2. The number of likely N-dealkylation sites (N-methyl/N-ethyl adjacent to an activating group) is 1. The van der Waals surface area contributed by atoms with Crippen LogP contribution in [-0.4, -0.2) is 95.9 Å². The SMILES string of the molecule is CC1=C(N(C)CCCCCCNC(=O)c2ccc(-c3ccc(C(=O)NCCCCCCN(C)c4ccc5nc6cc(C)c(N(C)C)cc6[n+](-c6ccccc6)c5c4C)cc3)cc2)C=CC(=Nc2cc(C)c(N(C)C)cc2Nc2ccccc2)C1. The maximum atomic E-state index is 13.1. The third kappa shape index (κ3) is 14.7. The highest BCUT2D eigenvalue weighted by atomic mass is 16.2. The van der Waals surface area contributed by atoms with Gasteiger partial charge in [-0.2, -0.15) is 0 Å². The molecular formula is C72H85N10O2+. The van der Waals surface area contributed by atoms with E-state index in [1.54, 1.807) is 0 Å². The van der Waals surface area contributed by atoms with Crippen molar-refractivity contribution in [3.05, 3.63) is 197 Å². The van der Waals surface area contributed by atoms with E-state index >= 15 is 0 Å². The number of benzene rings is 7. The number of aliphatic imine (C=N–C) groups is 1. The van der Waals surface area contributed by atoms with Crippen molar-refractivity contribution in [3.63, 3.8) is 0 Å². The summed E-state index contributed by atoms with van der Waals surface area (Å²) in [5.41, 5.74) is 22.2. The van der Waals surface area contributed by atoms with Crippen molar-refractivity contribution in [1.82, 2.24) is 20.5 Å². The molecule has 0 atom stereocenters. The summed E-state index contributed by atoms with van der Waals surface area (Å²) in [6.07, 6.45) is 13.4. The molecule has 1 aromatic heterocycles. The third-order valence-corrected chi connectivity index (χ3v) is 16.2. The molecule has 0 aliphatic heterocycles. The van der Waals surface area contributed by atoms with Gasteiger partial charge >= 0.3 is 0 Å². The maximum Gasteiger partial charge on any atom is 0.251 e. The van der Waals surface area contributed by atoms with Gasteiger partial charge in [-0.25, -0.2) is 4.98 Å². The van der Waals surface area contributed by atoms with Crippen LogP contribution in [0.15, 0.2) is 174 Å². The molecule has 12 nitrogen and oxygen atoms in total. The molecule has 0 radical (unpaired) electrons. The first kappa shape index (κ1) is 59.8. The number of aromatic nitrogens is 2. The zero-order valence-corrected chi connectivity index (χ0v) is 51.2. The van der Waals surface area contributed by atoms with Gasteiger partial charge in [-0.3, -0.25) is 14.6 Å². The largest absolute Gasteiger partial charge is 0.377 e. The number of aryl methyl sites for hydroxylation is 3. The fourth-order valence-corrected chi connectivity index (χ4v) is 11.6. The summed E-state index contributed by atoms with van der Waals surface area (Å²) in [5, 5.41) is 9.83. The van der Waals surface area contributed by atoms with Crippen LogP contribution in [0.25, 0.3) is 38.9 Å². The minimum Gasteiger partial charge on any atom is -0.377 e. The van der Waals surface area contributed by atoms with E-state index in [9.17, 15) is 9.59 Å². The Bertz CT molecular complexity index is 3680. The van der Waals surface area contributed by atoms with Crippen LogP contribution >= 0.6 is 0 Å². The molecule has 0 bridgehead atoms. The number of allylic oxidation sites excluding steroid dienone is 3. The number of fused-ring (bicyclic) bond motifs is 2. The predicted molar refractivity (Wildman–Crippen MR) is 353 cm³/mol. The lowest BCUT2D eigenvalue weighted by Crippen LogP contribution is -2.34. The number of rotatable bonds is 25. The number of nitrogens with zero attached hydrogens (tertiary/aromatic N) is 7. The van der Waals surface area contributed by atoms with Crippen LogP contribution in [0.1, 0.15) is 102 Å². The van der Waals surface area contributed by atoms with Gasteiger partial charge in [-0.05, 0) is 160 Å². The Balaban J connectivity index is 0.661. The molecular weight excluding hydrogens is 1040 g/mol. The lowest BCUT2D eigenvalue weighted by molar-refractivity contribution is -0.538. The summed E-state index contributed by atoms with van der Waals surface area (Å²) in [6.45, 7) is 11.9. The van der Waals surface area contributed by atoms with Gasteiger partial charge in [0, 0.05) is 144 Å². The Morgan fingerprint density at radius 2 is 1.10 bits per heavy atom. The summed E-state index contributed by atoms with van der Waals surface area (Å²) in [5.74, 6) is -0.126. The van der Waals surface area contributed by atoms with Gasteiger partial charge in [0.05, 0.1) is 11.4 Å². The van der Waals surface area contributed by atoms with E-state index in [0.29, 0.717) is 24.2 Å².